The molecule has 0 unspecified atom stereocenters. The van der Waals surface area contributed by atoms with Gasteiger partial charge in [0.25, 0.3) is 0 Å². The molecule has 0 fully saturated rings. The van der Waals surface area contributed by atoms with Crippen LogP contribution in [0.2, 0.25) is 0 Å². The van der Waals surface area contributed by atoms with Crippen molar-refractivity contribution in [1.29, 1.82) is 0 Å². The summed E-state index contributed by atoms with van der Waals surface area (Å²) in [6.45, 7) is 7.11. The molecule has 3 nitrogen and oxygen atoms in total. The quantitative estimate of drug-likeness (QED) is 0.535. The average Bonchev–Trinajstić information content (AvgIpc) is 2.52. The summed E-state index contributed by atoms with van der Waals surface area (Å²) in [7, 11) is 0. The third-order valence-electron chi connectivity index (χ3n) is 3.55. The maximum atomic E-state index is 5.73. The number of unbranched alkanes of at least 4 members (excludes halogenated alkanes) is 6. The molecule has 0 bridgehead atoms. The SMILES string of the molecule is CCCCCCCCCOc1ccc(CNCCC)nc1. The fraction of sp³-hybridized carbons (Fsp3) is 0.722. The van der Waals surface area contributed by atoms with Gasteiger partial charge in [0, 0.05) is 6.54 Å². The molecule has 1 aromatic rings. The molecule has 0 spiro atoms. The molecule has 0 amide bonds. The highest BCUT2D eigenvalue weighted by Gasteiger charge is 1.97. The predicted molar refractivity (Wildman–Crippen MR) is 89.7 cm³/mol. The monoisotopic (exact) mass is 292 g/mol. The number of nitrogens with zero attached hydrogens (tertiary/aromatic N) is 1. The van der Waals surface area contributed by atoms with Crippen molar-refractivity contribution in [2.24, 2.45) is 0 Å². The van der Waals surface area contributed by atoms with Crippen molar-refractivity contribution in [3.8, 4) is 5.75 Å². The van der Waals surface area contributed by atoms with E-state index in [1.54, 1.807) is 0 Å². The maximum absolute atomic E-state index is 5.73. The van der Waals surface area contributed by atoms with Gasteiger partial charge in [-0.3, -0.25) is 4.98 Å². The van der Waals surface area contributed by atoms with Crippen LogP contribution in [0.15, 0.2) is 18.3 Å². The first-order valence-electron chi connectivity index (χ1n) is 8.65. The van der Waals surface area contributed by atoms with E-state index in [9.17, 15) is 0 Å². The lowest BCUT2D eigenvalue weighted by atomic mass is 10.1. The lowest BCUT2D eigenvalue weighted by Crippen LogP contribution is -2.14. The molecule has 0 aliphatic carbocycles. The minimum atomic E-state index is 0.808. The zero-order valence-electron chi connectivity index (χ0n) is 13.9. The number of hydrogen-bond acceptors (Lipinski definition) is 3. The zero-order chi connectivity index (χ0) is 15.2. The molecular weight excluding hydrogens is 260 g/mol. The Hall–Kier alpha value is -1.09. The number of aromatic nitrogens is 1. The first-order chi connectivity index (χ1) is 10.4. The third-order valence-corrected chi connectivity index (χ3v) is 3.55. The summed E-state index contributed by atoms with van der Waals surface area (Å²) in [4.78, 5) is 4.41. The van der Waals surface area contributed by atoms with Crippen LogP contribution in [0.4, 0.5) is 0 Å². The Morgan fingerprint density at radius 2 is 1.71 bits per heavy atom. The van der Waals surface area contributed by atoms with E-state index in [1.165, 1.54) is 38.5 Å². The number of pyridine rings is 1. The second-order valence-corrected chi connectivity index (χ2v) is 5.63. The largest absolute Gasteiger partial charge is 0.492 e. The summed E-state index contributed by atoms with van der Waals surface area (Å²) in [6.07, 6.45) is 12.2. The number of rotatable bonds is 13. The van der Waals surface area contributed by atoms with E-state index in [-0.39, 0.29) is 0 Å². The average molecular weight is 292 g/mol. The highest BCUT2D eigenvalue weighted by atomic mass is 16.5. The molecule has 1 rings (SSSR count). The van der Waals surface area contributed by atoms with E-state index in [1.807, 2.05) is 18.3 Å². The van der Waals surface area contributed by atoms with Gasteiger partial charge in [0.15, 0.2) is 0 Å². The minimum absolute atomic E-state index is 0.808. The van der Waals surface area contributed by atoms with E-state index in [0.29, 0.717) is 0 Å². The predicted octanol–water partition coefficient (Wildman–Crippen LogP) is 4.71. The van der Waals surface area contributed by atoms with Crippen molar-refractivity contribution in [3.63, 3.8) is 0 Å². The van der Waals surface area contributed by atoms with Crippen LogP contribution >= 0.6 is 0 Å². The number of nitrogens with one attached hydrogen (secondary N) is 1. The lowest BCUT2D eigenvalue weighted by Gasteiger charge is -2.07. The zero-order valence-corrected chi connectivity index (χ0v) is 13.9. The van der Waals surface area contributed by atoms with Gasteiger partial charge in [-0.2, -0.15) is 0 Å². The second kappa shape index (κ2) is 12.6. The van der Waals surface area contributed by atoms with Crippen LogP contribution in [0.25, 0.3) is 0 Å². The number of ether oxygens (including phenoxy) is 1. The van der Waals surface area contributed by atoms with Gasteiger partial charge in [-0.25, -0.2) is 0 Å². The molecule has 0 saturated heterocycles. The molecule has 120 valence electrons. The molecule has 1 aromatic heterocycles. The van der Waals surface area contributed by atoms with Gasteiger partial charge in [0.05, 0.1) is 18.5 Å². The topological polar surface area (TPSA) is 34.1 Å². The van der Waals surface area contributed by atoms with Crippen molar-refractivity contribution in [2.45, 2.75) is 71.8 Å². The molecule has 0 aromatic carbocycles. The van der Waals surface area contributed by atoms with E-state index in [4.69, 9.17) is 4.74 Å². The smallest absolute Gasteiger partial charge is 0.137 e. The fourth-order valence-electron chi connectivity index (χ4n) is 2.24. The van der Waals surface area contributed by atoms with Crippen LogP contribution in [-0.2, 0) is 6.54 Å². The Morgan fingerprint density at radius 1 is 0.952 bits per heavy atom. The van der Waals surface area contributed by atoms with Gasteiger partial charge in [-0.15, -0.1) is 0 Å². The van der Waals surface area contributed by atoms with E-state index in [0.717, 1.165) is 44.0 Å². The normalized spacial score (nSPS) is 10.8. The summed E-state index contributed by atoms with van der Waals surface area (Å²) >= 11 is 0. The standard InChI is InChI=1S/C18H32N2O/c1-3-5-6-7-8-9-10-14-21-18-12-11-17(20-16-18)15-19-13-4-2/h11-12,16,19H,3-10,13-15H2,1-2H3. The molecular formula is C18H32N2O. The Bertz CT molecular complexity index is 338. The van der Waals surface area contributed by atoms with Crippen molar-refractivity contribution in [1.82, 2.24) is 10.3 Å². The van der Waals surface area contributed by atoms with Crippen LogP contribution in [0, 0.1) is 0 Å². The number of hydrogen-bond donors (Lipinski definition) is 1. The lowest BCUT2D eigenvalue weighted by molar-refractivity contribution is 0.303. The minimum Gasteiger partial charge on any atom is -0.492 e. The summed E-state index contributed by atoms with van der Waals surface area (Å²) in [5.41, 5.74) is 1.08. The van der Waals surface area contributed by atoms with Crippen molar-refractivity contribution >= 4 is 0 Å². The molecule has 21 heavy (non-hydrogen) atoms. The van der Waals surface area contributed by atoms with Crippen LogP contribution in [0.1, 0.15) is 70.9 Å². The Balaban J connectivity index is 2.04. The van der Waals surface area contributed by atoms with Gasteiger partial charge in [0.2, 0.25) is 0 Å². The second-order valence-electron chi connectivity index (χ2n) is 5.63. The maximum Gasteiger partial charge on any atom is 0.137 e. The molecule has 0 atom stereocenters. The summed E-state index contributed by atoms with van der Waals surface area (Å²) in [6, 6.07) is 4.07. The molecule has 0 saturated carbocycles. The highest BCUT2D eigenvalue weighted by molar-refractivity contribution is 5.19. The van der Waals surface area contributed by atoms with E-state index < -0.39 is 0 Å². The van der Waals surface area contributed by atoms with Gasteiger partial charge in [0.1, 0.15) is 5.75 Å². The summed E-state index contributed by atoms with van der Waals surface area (Å²) < 4.78 is 5.73. The van der Waals surface area contributed by atoms with Crippen LogP contribution in [0.3, 0.4) is 0 Å². The van der Waals surface area contributed by atoms with Crippen LogP contribution < -0.4 is 10.1 Å². The van der Waals surface area contributed by atoms with Crippen molar-refractivity contribution in [2.75, 3.05) is 13.2 Å². The molecule has 0 aliphatic heterocycles. The third kappa shape index (κ3) is 9.46. The van der Waals surface area contributed by atoms with Gasteiger partial charge in [-0.1, -0.05) is 52.4 Å². The molecule has 1 heterocycles. The summed E-state index contributed by atoms with van der Waals surface area (Å²) in [5, 5.41) is 3.35. The van der Waals surface area contributed by atoms with Gasteiger partial charge >= 0.3 is 0 Å². The summed E-state index contributed by atoms with van der Waals surface area (Å²) in [5.74, 6) is 0.889. The Kier molecular flexibility index (Phi) is 10.8. The highest BCUT2D eigenvalue weighted by Crippen LogP contribution is 2.11. The van der Waals surface area contributed by atoms with Crippen LogP contribution in [-0.4, -0.2) is 18.1 Å². The van der Waals surface area contributed by atoms with Crippen molar-refractivity contribution in [3.05, 3.63) is 24.0 Å². The van der Waals surface area contributed by atoms with E-state index >= 15 is 0 Å². The van der Waals surface area contributed by atoms with Gasteiger partial charge in [-0.05, 0) is 31.5 Å². The molecule has 1 N–H and O–H groups in total. The Morgan fingerprint density at radius 3 is 2.38 bits per heavy atom. The first kappa shape index (κ1) is 18.0. The first-order valence-corrected chi connectivity index (χ1v) is 8.65. The molecule has 0 aliphatic rings. The fourth-order valence-corrected chi connectivity index (χ4v) is 2.24. The van der Waals surface area contributed by atoms with Crippen molar-refractivity contribution < 1.29 is 4.74 Å². The molecule has 0 radical (unpaired) electrons. The van der Waals surface area contributed by atoms with Gasteiger partial charge < -0.3 is 10.1 Å². The van der Waals surface area contributed by atoms with Crippen LogP contribution in [0.5, 0.6) is 5.75 Å². The molecule has 3 heteroatoms. The van der Waals surface area contributed by atoms with E-state index in [2.05, 4.69) is 24.1 Å². The Labute approximate surface area is 130 Å².